The molecule has 6 nitrogen and oxygen atoms in total. The minimum Gasteiger partial charge on any atom is -0.443 e. The van der Waals surface area contributed by atoms with E-state index in [-0.39, 0.29) is 23.8 Å². The highest BCUT2D eigenvalue weighted by molar-refractivity contribution is 5.91. The van der Waals surface area contributed by atoms with Gasteiger partial charge in [0.15, 0.2) is 11.5 Å². The first-order chi connectivity index (χ1) is 9.89. The molecule has 1 fully saturated rings. The van der Waals surface area contributed by atoms with E-state index in [4.69, 9.17) is 13.9 Å². The zero-order valence-corrected chi connectivity index (χ0v) is 12.3. The largest absolute Gasteiger partial charge is 0.443 e. The van der Waals surface area contributed by atoms with Crippen LogP contribution in [0.25, 0.3) is 0 Å². The lowest BCUT2D eigenvalue weighted by atomic mass is 10.1. The fourth-order valence-corrected chi connectivity index (χ4v) is 1.88. The number of amides is 1. The van der Waals surface area contributed by atoms with Gasteiger partial charge in [-0.25, -0.2) is 0 Å². The second kappa shape index (κ2) is 6.31. The Hall–Kier alpha value is -1.81. The molecule has 0 bridgehead atoms. The summed E-state index contributed by atoms with van der Waals surface area (Å²) in [7, 11) is 1.58. The average molecular weight is 293 g/mol. The van der Waals surface area contributed by atoms with Crippen LogP contribution in [0.15, 0.2) is 16.5 Å². The predicted molar refractivity (Wildman–Crippen MR) is 74.8 cm³/mol. The van der Waals surface area contributed by atoms with Crippen LogP contribution in [0.1, 0.15) is 30.2 Å². The summed E-state index contributed by atoms with van der Waals surface area (Å²) in [5.74, 6) is 5.44. The van der Waals surface area contributed by atoms with Crippen molar-refractivity contribution in [2.75, 3.05) is 20.3 Å². The first kappa shape index (κ1) is 15.6. The molecule has 0 aromatic carbocycles. The number of nitrogens with one attached hydrogen (secondary N) is 1. The van der Waals surface area contributed by atoms with Crippen LogP contribution < -0.4 is 5.32 Å². The second-order valence-electron chi connectivity index (χ2n) is 5.36. The maximum Gasteiger partial charge on any atom is 0.287 e. The van der Waals surface area contributed by atoms with E-state index in [0.717, 1.165) is 0 Å². The number of carbonyl (C=O) groups excluding carboxylic acids is 1. The quantitative estimate of drug-likeness (QED) is 0.795. The Balaban J connectivity index is 2.00. The lowest BCUT2D eigenvalue weighted by Crippen LogP contribution is -2.43. The molecule has 2 heterocycles. The molecule has 2 atom stereocenters. The summed E-state index contributed by atoms with van der Waals surface area (Å²) >= 11 is 0. The van der Waals surface area contributed by atoms with Gasteiger partial charge in [-0.3, -0.25) is 4.79 Å². The Morgan fingerprint density at radius 1 is 1.48 bits per heavy atom. The molecule has 1 aliphatic heterocycles. The first-order valence-corrected chi connectivity index (χ1v) is 6.66. The first-order valence-electron chi connectivity index (χ1n) is 6.66. The molecule has 1 aromatic rings. The van der Waals surface area contributed by atoms with Gasteiger partial charge in [-0.05, 0) is 31.9 Å². The van der Waals surface area contributed by atoms with Crippen molar-refractivity contribution in [2.45, 2.75) is 31.6 Å². The van der Waals surface area contributed by atoms with E-state index in [9.17, 15) is 9.90 Å². The van der Waals surface area contributed by atoms with Crippen molar-refractivity contribution >= 4 is 5.91 Å². The van der Waals surface area contributed by atoms with Gasteiger partial charge in [-0.1, -0.05) is 5.92 Å². The fraction of sp³-hybridized carbons (Fsp3) is 0.533. The zero-order chi connectivity index (χ0) is 15.5. The van der Waals surface area contributed by atoms with Crippen molar-refractivity contribution < 1.29 is 23.8 Å². The van der Waals surface area contributed by atoms with Gasteiger partial charge < -0.3 is 24.3 Å². The van der Waals surface area contributed by atoms with Crippen molar-refractivity contribution in [1.82, 2.24) is 5.32 Å². The minimum absolute atomic E-state index is 0.154. The number of rotatable bonds is 3. The molecular formula is C15H19NO5. The number of methoxy groups -OCH3 is 1. The molecule has 0 saturated carbocycles. The van der Waals surface area contributed by atoms with Crippen LogP contribution in [0.4, 0.5) is 0 Å². The Kier molecular flexibility index (Phi) is 4.68. The van der Waals surface area contributed by atoms with E-state index in [1.807, 2.05) is 0 Å². The summed E-state index contributed by atoms with van der Waals surface area (Å²) in [5.41, 5.74) is -1.11. The number of hydrogen-bond acceptors (Lipinski definition) is 5. The van der Waals surface area contributed by atoms with Gasteiger partial charge in [-0.2, -0.15) is 0 Å². The third-order valence-corrected chi connectivity index (χ3v) is 2.97. The number of hydrogen-bond donors (Lipinski definition) is 2. The van der Waals surface area contributed by atoms with Crippen molar-refractivity contribution in [3.05, 3.63) is 23.7 Å². The Bertz CT molecular complexity index is 561. The molecule has 0 aliphatic carbocycles. The Morgan fingerprint density at radius 3 is 2.90 bits per heavy atom. The van der Waals surface area contributed by atoms with Crippen LogP contribution >= 0.6 is 0 Å². The van der Waals surface area contributed by atoms with Gasteiger partial charge in [0, 0.05) is 7.11 Å². The second-order valence-corrected chi connectivity index (χ2v) is 5.36. The SMILES string of the molecule is CO[C@H]1COC[C@@H]1NC(=O)c1ccc(C#CC(C)(C)O)o1. The third-order valence-electron chi connectivity index (χ3n) is 2.97. The molecular weight excluding hydrogens is 274 g/mol. The molecule has 2 N–H and O–H groups in total. The topological polar surface area (TPSA) is 80.9 Å². The van der Waals surface area contributed by atoms with Crippen LogP contribution in [0.2, 0.25) is 0 Å². The van der Waals surface area contributed by atoms with Crippen molar-refractivity contribution in [2.24, 2.45) is 0 Å². The molecule has 0 unspecified atom stereocenters. The number of ether oxygens (including phenoxy) is 2. The van der Waals surface area contributed by atoms with Crippen molar-refractivity contribution in [3.8, 4) is 11.8 Å². The highest BCUT2D eigenvalue weighted by atomic mass is 16.5. The van der Waals surface area contributed by atoms with Crippen LogP contribution in [-0.2, 0) is 9.47 Å². The summed E-state index contributed by atoms with van der Waals surface area (Å²) in [6.07, 6.45) is -0.154. The normalized spacial score (nSPS) is 21.7. The minimum atomic E-state index is -1.11. The number of furan rings is 1. The summed E-state index contributed by atoms with van der Waals surface area (Å²) in [6, 6.07) is 2.94. The number of aliphatic hydroxyl groups is 1. The molecule has 21 heavy (non-hydrogen) atoms. The van der Waals surface area contributed by atoms with Gasteiger partial charge in [0.1, 0.15) is 11.7 Å². The van der Waals surface area contributed by atoms with Crippen LogP contribution in [-0.4, -0.2) is 49.1 Å². The summed E-state index contributed by atoms with van der Waals surface area (Å²) in [6.45, 7) is 4.02. The fourth-order valence-electron chi connectivity index (χ4n) is 1.88. The maximum atomic E-state index is 12.1. The lowest BCUT2D eigenvalue weighted by Gasteiger charge is -2.16. The van der Waals surface area contributed by atoms with Crippen molar-refractivity contribution in [1.29, 1.82) is 0 Å². The van der Waals surface area contributed by atoms with Gasteiger partial charge in [0.2, 0.25) is 0 Å². The molecule has 2 rings (SSSR count). The summed E-state index contributed by atoms with van der Waals surface area (Å²) < 4.78 is 15.8. The van der Waals surface area contributed by atoms with Crippen molar-refractivity contribution in [3.63, 3.8) is 0 Å². The van der Waals surface area contributed by atoms with E-state index in [2.05, 4.69) is 17.2 Å². The van der Waals surface area contributed by atoms with E-state index in [1.54, 1.807) is 33.1 Å². The molecule has 114 valence electrons. The summed E-state index contributed by atoms with van der Waals surface area (Å²) in [5, 5.41) is 12.3. The highest BCUT2D eigenvalue weighted by Gasteiger charge is 2.30. The van der Waals surface area contributed by atoms with E-state index in [0.29, 0.717) is 19.0 Å². The zero-order valence-electron chi connectivity index (χ0n) is 12.3. The molecule has 1 aromatic heterocycles. The average Bonchev–Trinajstić information content (AvgIpc) is 3.03. The maximum absolute atomic E-state index is 12.1. The molecule has 1 amide bonds. The molecule has 6 heteroatoms. The van der Waals surface area contributed by atoms with Gasteiger partial charge in [0.25, 0.3) is 5.91 Å². The van der Waals surface area contributed by atoms with Crippen LogP contribution in [0.3, 0.4) is 0 Å². The predicted octanol–water partition coefficient (Wildman–Crippen LogP) is 0.546. The third kappa shape index (κ3) is 4.33. The van der Waals surface area contributed by atoms with Crippen LogP contribution in [0.5, 0.6) is 0 Å². The summed E-state index contributed by atoms with van der Waals surface area (Å²) in [4.78, 5) is 12.1. The van der Waals surface area contributed by atoms with Gasteiger partial charge >= 0.3 is 0 Å². The van der Waals surface area contributed by atoms with Gasteiger partial charge in [-0.15, -0.1) is 0 Å². The Labute approximate surface area is 123 Å². The smallest absolute Gasteiger partial charge is 0.287 e. The van der Waals surface area contributed by atoms with Crippen LogP contribution in [0, 0.1) is 11.8 Å². The standard InChI is InChI=1S/C15H19NO5/c1-15(2,18)7-6-10-4-5-12(21-10)14(17)16-11-8-20-9-13(11)19-3/h4-5,11,13,18H,8-9H2,1-3H3,(H,16,17)/t11-,13-/m0/s1. The molecule has 0 spiro atoms. The lowest BCUT2D eigenvalue weighted by molar-refractivity contribution is 0.0676. The Morgan fingerprint density at radius 2 is 2.24 bits per heavy atom. The molecule has 1 aliphatic rings. The van der Waals surface area contributed by atoms with Gasteiger partial charge in [0.05, 0.1) is 19.3 Å². The number of carbonyl (C=O) groups is 1. The monoisotopic (exact) mass is 293 g/mol. The van der Waals surface area contributed by atoms with E-state index < -0.39 is 5.60 Å². The van der Waals surface area contributed by atoms with E-state index >= 15 is 0 Å². The van der Waals surface area contributed by atoms with E-state index in [1.165, 1.54) is 0 Å². The highest BCUT2D eigenvalue weighted by Crippen LogP contribution is 2.12. The molecule has 1 saturated heterocycles. The molecule has 0 radical (unpaired) electrons.